The summed E-state index contributed by atoms with van der Waals surface area (Å²) in [7, 11) is 3.21. The number of aromatic nitrogens is 2. The van der Waals surface area contributed by atoms with E-state index in [1.807, 2.05) is 39.0 Å². The molecule has 1 unspecified atom stereocenters. The van der Waals surface area contributed by atoms with Crippen molar-refractivity contribution in [3.63, 3.8) is 0 Å². The van der Waals surface area contributed by atoms with E-state index in [0.29, 0.717) is 17.0 Å². The lowest BCUT2D eigenvalue weighted by Gasteiger charge is -2.18. The minimum absolute atomic E-state index is 0.153. The molecule has 0 radical (unpaired) electrons. The average Bonchev–Trinajstić information content (AvgIpc) is 2.95. The van der Waals surface area contributed by atoms with Crippen molar-refractivity contribution in [2.75, 3.05) is 14.2 Å². The van der Waals surface area contributed by atoms with Gasteiger partial charge in [-0.15, -0.1) is 0 Å². The SMILES string of the molecule is CCn1cc(C(=O)NC(C)c2cc(OC)ccc2OC)c(C)n1. The monoisotopic (exact) mass is 317 g/mol. The second kappa shape index (κ2) is 7.17. The number of nitrogens with one attached hydrogen (secondary N) is 1. The summed E-state index contributed by atoms with van der Waals surface area (Å²) in [5, 5.41) is 7.29. The van der Waals surface area contributed by atoms with Gasteiger partial charge in [0.25, 0.3) is 5.91 Å². The standard InChI is InChI=1S/C17H23N3O3/c1-6-20-10-15(12(3)19-20)17(21)18-11(2)14-9-13(22-4)7-8-16(14)23-5/h7-11H,6H2,1-5H3,(H,18,21). The topological polar surface area (TPSA) is 65.4 Å². The summed E-state index contributed by atoms with van der Waals surface area (Å²) in [5.74, 6) is 1.27. The maximum absolute atomic E-state index is 12.5. The van der Waals surface area contributed by atoms with E-state index < -0.39 is 0 Å². The predicted molar refractivity (Wildman–Crippen MR) is 88.1 cm³/mol. The fraction of sp³-hybridized carbons (Fsp3) is 0.412. The van der Waals surface area contributed by atoms with Crippen molar-refractivity contribution in [2.45, 2.75) is 33.4 Å². The Morgan fingerprint density at radius 1 is 1.35 bits per heavy atom. The number of amides is 1. The van der Waals surface area contributed by atoms with Crippen molar-refractivity contribution in [3.8, 4) is 11.5 Å². The van der Waals surface area contributed by atoms with Gasteiger partial charge in [-0.2, -0.15) is 5.10 Å². The number of aryl methyl sites for hydroxylation is 2. The number of rotatable bonds is 6. The van der Waals surface area contributed by atoms with Crippen LogP contribution in [0.3, 0.4) is 0 Å². The molecule has 2 aromatic rings. The minimum atomic E-state index is -0.225. The molecule has 0 fully saturated rings. The van der Waals surface area contributed by atoms with E-state index in [1.165, 1.54) is 0 Å². The van der Waals surface area contributed by atoms with Crippen molar-refractivity contribution >= 4 is 5.91 Å². The summed E-state index contributed by atoms with van der Waals surface area (Å²) in [6.45, 7) is 6.46. The van der Waals surface area contributed by atoms with Crippen molar-refractivity contribution in [1.29, 1.82) is 0 Å². The normalized spacial score (nSPS) is 11.9. The van der Waals surface area contributed by atoms with Gasteiger partial charge in [0.15, 0.2) is 0 Å². The van der Waals surface area contributed by atoms with Gasteiger partial charge >= 0.3 is 0 Å². The highest BCUT2D eigenvalue weighted by Gasteiger charge is 2.19. The highest BCUT2D eigenvalue weighted by atomic mass is 16.5. The molecular weight excluding hydrogens is 294 g/mol. The lowest BCUT2D eigenvalue weighted by atomic mass is 10.1. The third-order valence-electron chi connectivity index (χ3n) is 3.77. The third-order valence-corrected chi connectivity index (χ3v) is 3.77. The van der Waals surface area contributed by atoms with Gasteiger partial charge in [0, 0.05) is 18.3 Å². The largest absolute Gasteiger partial charge is 0.497 e. The molecule has 0 aliphatic heterocycles. The zero-order valence-electron chi connectivity index (χ0n) is 14.2. The lowest BCUT2D eigenvalue weighted by Crippen LogP contribution is -2.27. The number of hydrogen-bond donors (Lipinski definition) is 1. The highest BCUT2D eigenvalue weighted by molar-refractivity contribution is 5.95. The molecular formula is C17H23N3O3. The number of nitrogens with zero attached hydrogens (tertiary/aromatic N) is 2. The molecule has 23 heavy (non-hydrogen) atoms. The van der Waals surface area contributed by atoms with Crippen LogP contribution in [0.4, 0.5) is 0 Å². The van der Waals surface area contributed by atoms with E-state index in [2.05, 4.69) is 10.4 Å². The van der Waals surface area contributed by atoms with Crippen LogP contribution in [0.1, 0.15) is 41.5 Å². The average molecular weight is 317 g/mol. The summed E-state index contributed by atoms with van der Waals surface area (Å²) >= 11 is 0. The van der Waals surface area contributed by atoms with Crippen LogP contribution in [-0.4, -0.2) is 29.9 Å². The highest BCUT2D eigenvalue weighted by Crippen LogP contribution is 2.29. The van der Waals surface area contributed by atoms with E-state index in [9.17, 15) is 4.79 Å². The van der Waals surface area contributed by atoms with Crippen molar-refractivity contribution in [3.05, 3.63) is 41.2 Å². The van der Waals surface area contributed by atoms with Crippen LogP contribution in [0.25, 0.3) is 0 Å². The van der Waals surface area contributed by atoms with Gasteiger partial charge in [-0.1, -0.05) is 0 Å². The molecule has 1 N–H and O–H groups in total. The molecule has 0 aliphatic rings. The summed E-state index contributed by atoms with van der Waals surface area (Å²) < 4.78 is 12.4. The van der Waals surface area contributed by atoms with Crippen LogP contribution in [0.5, 0.6) is 11.5 Å². The Bertz CT molecular complexity index is 694. The van der Waals surface area contributed by atoms with E-state index in [0.717, 1.165) is 17.9 Å². The molecule has 6 heteroatoms. The van der Waals surface area contributed by atoms with Crippen molar-refractivity contribution in [2.24, 2.45) is 0 Å². The zero-order valence-corrected chi connectivity index (χ0v) is 14.2. The number of carbonyl (C=O) groups excluding carboxylic acids is 1. The molecule has 2 rings (SSSR count). The molecule has 1 amide bonds. The molecule has 124 valence electrons. The summed E-state index contributed by atoms with van der Waals surface area (Å²) in [4.78, 5) is 12.5. The zero-order chi connectivity index (χ0) is 17.0. The van der Waals surface area contributed by atoms with E-state index in [-0.39, 0.29) is 11.9 Å². The molecule has 0 bridgehead atoms. The first-order valence-corrected chi connectivity index (χ1v) is 7.57. The van der Waals surface area contributed by atoms with Gasteiger partial charge < -0.3 is 14.8 Å². The number of ether oxygens (including phenoxy) is 2. The molecule has 1 atom stereocenters. The van der Waals surface area contributed by atoms with Gasteiger partial charge in [0.1, 0.15) is 11.5 Å². The van der Waals surface area contributed by atoms with Gasteiger partial charge in [0.2, 0.25) is 0 Å². The fourth-order valence-electron chi connectivity index (χ4n) is 2.43. The molecule has 1 aromatic heterocycles. The molecule has 0 saturated carbocycles. The maximum atomic E-state index is 12.5. The first kappa shape index (κ1) is 16.9. The Kier molecular flexibility index (Phi) is 5.26. The molecule has 6 nitrogen and oxygen atoms in total. The Labute approximate surface area is 136 Å². The molecule has 1 aromatic carbocycles. The van der Waals surface area contributed by atoms with E-state index >= 15 is 0 Å². The van der Waals surface area contributed by atoms with Gasteiger partial charge in [0.05, 0.1) is 31.5 Å². The number of methoxy groups -OCH3 is 2. The van der Waals surface area contributed by atoms with Gasteiger partial charge in [-0.05, 0) is 39.0 Å². The minimum Gasteiger partial charge on any atom is -0.497 e. The van der Waals surface area contributed by atoms with Crippen molar-refractivity contribution in [1.82, 2.24) is 15.1 Å². The molecule has 0 saturated heterocycles. The lowest BCUT2D eigenvalue weighted by molar-refractivity contribution is 0.0938. The Balaban J connectivity index is 2.22. The van der Waals surface area contributed by atoms with Crippen LogP contribution >= 0.6 is 0 Å². The fourth-order valence-corrected chi connectivity index (χ4v) is 2.43. The first-order valence-electron chi connectivity index (χ1n) is 7.57. The van der Waals surface area contributed by atoms with Gasteiger partial charge in [-0.3, -0.25) is 9.48 Å². The molecule has 1 heterocycles. The Hall–Kier alpha value is -2.50. The number of hydrogen-bond acceptors (Lipinski definition) is 4. The molecule has 0 spiro atoms. The quantitative estimate of drug-likeness (QED) is 0.889. The van der Waals surface area contributed by atoms with Crippen LogP contribution in [0, 0.1) is 6.92 Å². The third kappa shape index (κ3) is 3.64. The van der Waals surface area contributed by atoms with Crippen LogP contribution < -0.4 is 14.8 Å². The van der Waals surface area contributed by atoms with E-state index in [4.69, 9.17) is 9.47 Å². The first-order chi connectivity index (χ1) is 11.0. The summed E-state index contributed by atoms with van der Waals surface area (Å²) in [6, 6.07) is 5.30. The maximum Gasteiger partial charge on any atom is 0.255 e. The Morgan fingerprint density at radius 2 is 2.09 bits per heavy atom. The smallest absolute Gasteiger partial charge is 0.255 e. The van der Waals surface area contributed by atoms with Crippen molar-refractivity contribution < 1.29 is 14.3 Å². The van der Waals surface area contributed by atoms with Crippen LogP contribution in [0.15, 0.2) is 24.4 Å². The molecule has 0 aliphatic carbocycles. The summed E-state index contributed by atoms with van der Waals surface area (Å²) in [6.07, 6.45) is 1.76. The second-order valence-electron chi connectivity index (χ2n) is 5.29. The van der Waals surface area contributed by atoms with Gasteiger partial charge in [-0.25, -0.2) is 0 Å². The Morgan fingerprint density at radius 3 is 2.65 bits per heavy atom. The predicted octanol–water partition coefficient (Wildman–Crippen LogP) is 2.72. The summed E-state index contributed by atoms with van der Waals surface area (Å²) in [5.41, 5.74) is 2.16. The van der Waals surface area contributed by atoms with E-state index in [1.54, 1.807) is 25.1 Å². The van der Waals surface area contributed by atoms with Crippen LogP contribution in [-0.2, 0) is 6.54 Å². The van der Waals surface area contributed by atoms with Crippen LogP contribution in [0.2, 0.25) is 0 Å². The number of benzene rings is 1. The second-order valence-corrected chi connectivity index (χ2v) is 5.29. The number of carbonyl (C=O) groups is 1.